The molecule has 62 heavy (non-hydrogen) atoms. The van der Waals surface area contributed by atoms with Crippen LogP contribution >= 0.6 is 11.3 Å². The lowest BCUT2D eigenvalue weighted by Crippen LogP contribution is -2.60. The van der Waals surface area contributed by atoms with Crippen LogP contribution in [0.2, 0.25) is 0 Å². The minimum Gasteiger partial charge on any atom is -0.379 e. The van der Waals surface area contributed by atoms with Crippen molar-refractivity contribution in [2.45, 2.75) is 156 Å². The van der Waals surface area contributed by atoms with E-state index in [2.05, 4.69) is 53.5 Å². The molecule has 0 radical (unpaired) electrons. The second-order valence-corrected chi connectivity index (χ2v) is 19.4. The molecule has 14 heteroatoms. The zero-order chi connectivity index (χ0) is 46.1. The molecule has 3 rings (SSSR count). The highest BCUT2D eigenvalue weighted by Gasteiger charge is 2.43. The fraction of sp³-hybridized carbons (Fsp3) is 0.729. The Morgan fingerprint density at radius 1 is 0.919 bits per heavy atom. The maximum absolute atomic E-state index is 14.6. The van der Waals surface area contributed by atoms with Gasteiger partial charge in [-0.25, -0.2) is 4.98 Å². The van der Waals surface area contributed by atoms with E-state index in [0.717, 1.165) is 49.3 Å². The maximum Gasteiger partial charge on any atom is 0.245 e. The van der Waals surface area contributed by atoms with Crippen LogP contribution in [0.5, 0.6) is 0 Å². The zero-order valence-corrected chi connectivity index (χ0v) is 41.0. The number of carbonyl (C=O) groups is 4. The van der Waals surface area contributed by atoms with Gasteiger partial charge in [-0.1, -0.05) is 99.1 Å². The van der Waals surface area contributed by atoms with Gasteiger partial charge in [0.25, 0.3) is 0 Å². The van der Waals surface area contributed by atoms with Gasteiger partial charge in [-0.05, 0) is 75.6 Å². The standard InChI is InChI=1S/C48H81N7O6S/c1-14-34(8)43(54(11)48(59)41(31(2)3)52-46(58)42(32(4)5)53(10)26-19-18-24-49-33(6)7)39(60-12)30-40(56)55-27-20-23-38(55)44(61-13)35(9)45(57)51-37(47-50-25-28-62-47)29-36-21-16-15-17-22-36/h15-17,21-22,25,28,31-35,37-39,41-44,49H,14,18-20,23-24,26-27,29-30H2,1-13H3,(H,51,57)(H,52,58)/t34-,35+,37-,38-,39+,41-,42-,43-,44+/m0/s1. The number of aromatic nitrogens is 1. The Hall–Kier alpha value is -3.43. The molecule has 0 saturated carbocycles. The molecule has 1 aromatic heterocycles. The molecule has 3 N–H and O–H groups in total. The van der Waals surface area contributed by atoms with Crippen LogP contribution in [-0.2, 0) is 35.1 Å². The number of ether oxygens (including phenoxy) is 2. The summed E-state index contributed by atoms with van der Waals surface area (Å²) in [6.07, 6.45) is 5.43. The Bertz CT molecular complexity index is 1630. The lowest BCUT2D eigenvalue weighted by atomic mass is 9.89. The van der Waals surface area contributed by atoms with Crippen molar-refractivity contribution in [3.8, 4) is 0 Å². The Balaban J connectivity index is 1.76. The van der Waals surface area contributed by atoms with Crippen molar-refractivity contribution >= 4 is 35.0 Å². The number of hydrogen-bond donors (Lipinski definition) is 3. The molecule has 9 atom stereocenters. The number of benzene rings is 1. The number of nitrogens with zero attached hydrogens (tertiary/aromatic N) is 4. The van der Waals surface area contributed by atoms with Gasteiger partial charge in [0, 0.05) is 45.4 Å². The van der Waals surface area contributed by atoms with E-state index in [1.807, 2.05) is 82.3 Å². The number of rotatable bonds is 27. The van der Waals surface area contributed by atoms with Gasteiger partial charge in [-0.3, -0.25) is 24.1 Å². The Labute approximate surface area is 377 Å². The van der Waals surface area contributed by atoms with E-state index in [9.17, 15) is 19.2 Å². The summed E-state index contributed by atoms with van der Waals surface area (Å²) in [5, 5.41) is 12.6. The van der Waals surface area contributed by atoms with Crippen molar-refractivity contribution in [3.63, 3.8) is 0 Å². The number of likely N-dealkylation sites (N-methyl/N-ethyl adjacent to an activating group) is 2. The molecule has 350 valence electrons. The summed E-state index contributed by atoms with van der Waals surface area (Å²) in [7, 11) is 6.95. The van der Waals surface area contributed by atoms with Gasteiger partial charge < -0.3 is 35.2 Å². The third-order valence-electron chi connectivity index (χ3n) is 12.7. The SMILES string of the molecule is CC[C@H](C)[C@@H]([C@@H](CC(=O)N1CCC[C@H]1[C@H](OC)[C@@H](C)C(=O)N[C@@H](Cc1ccccc1)c1nccs1)OC)N(C)C(=O)[C@@H](NC(=O)[C@H](C(C)C)N(C)CCCCNC(C)C)C(C)C. The number of hydrogen-bond acceptors (Lipinski definition) is 10. The van der Waals surface area contributed by atoms with Gasteiger partial charge in [0.15, 0.2) is 0 Å². The summed E-state index contributed by atoms with van der Waals surface area (Å²) in [6, 6.07) is 8.24. The summed E-state index contributed by atoms with van der Waals surface area (Å²) in [5.74, 6) is -1.35. The minimum atomic E-state index is -0.766. The fourth-order valence-electron chi connectivity index (χ4n) is 9.07. The smallest absolute Gasteiger partial charge is 0.245 e. The number of thiazole rings is 1. The van der Waals surface area contributed by atoms with Crippen molar-refractivity contribution in [2.24, 2.45) is 23.7 Å². The van der Waals surface area contributed by atoms with Crippen molar-refractivity contribution in [3.05, 3.63) is 52.5 Å². The molecule has 2 aromatic rings. The van der Waals surface area contributed by atoms with Crippen molar-refractivity contribution < 1.29 is 28.7 Å². The molecule has 1 aliphatic heterocycles. The quantitative estimate of drug-likeness (QED) is 0.0877. The molecule has 0 spiro atoms. The summed E-state index contributed by atoms with van der Waals surface area (Å²) in [4.78, 5) is 67.2. The average Bonchev–Trinajstić information content (AvgIpc) is 3.96. The van der Waals surface area contributed by atoms with Crippen molar-refractivity contribution in [1.29, 1.82) is 0 Å². The first kappa shape index (κ1) is 52.9. The average molecular weight is 884 g/mol. The molecule has 0 unspecified atom stereocenters. The molecular formula is C48H81N7O6S. The summed E-state index contributed by atoms with van der Waals surface area (Å²) >= 11 is 1.51. The molecule has 13 nitrogen and oxygen atoms in total. The van der Waals surface area contributed by atoms with Crippen LogP contribution < -0.4 is 16.0 Å². The predicted molar refractivity (Wildman–Crippen MR) is 250 cm³/mol. The van der Waals surface area contributed by atoms with E-state index < -0.39 is 36.3 Å². The van der Waals surface area contributed by atoms with Crippen LogP contribution in [0.1, 0.15) is 117 Å². The molecule has 1 aliphatic rings. The Morgan fingerprint density at radius 2 is 1.61 bits per heavy atom. The van der Waals surface area contributed by atoms with Crippen LogP contribution in [0.4, 0.5) is 0 Å². The molecule has 0 bridgehead atoms. The lowest BCUT2D eigenvalue weighted by Gasteiger charge is -2.41. The highest BCUT2D eigenvalue weighted by atomic mass is 32.1. The molecular weight excluding hydrogens is 803 g/mol. The van der Waals surface area contributed by atoms with Crippen LogP contribution in [0, 0.1) is 23.7 Å². The van der Waals surface area contributed by atoms with E-state index in [1.165, 1.54) is 11.3 Å². The normalized spacial score (nSPS) is 18.3. The van der Waals surface area contributed by atoms with E-state index in [1.54, 1.807) is 32.4 Å². The van der Waals surface area contributed by atoms with Gasteiger partial charge in [-0.2, -0.15) is 0 Å². The number of nitrogens with one attached hydrogen (secondary N) is 3. The van der Waals surface area contributed by atoms with E-state index in [4.69, 9.17) is 9.47 Å². The predicted octanol–water partition coefficient (Wildman–Crippen LogP) is 6.34. The third kappa shape index (κ3) is 15.1. The van der Waals surface area contributed by atoms with Crippen LogP contribution in [0.15, 0.2) is 41.9 Å². The Kier molecular flexibility index (Phi) is 22.5. The van der Waals surface area contributed by atoms with Gasteiger partial charge in [0.2, 0.25) is 23.6 Å². The first-order valence-electron chi connectivity index (χ1n) is 23.1. The van der Waals surface area contributed by atoms with E-state index >= 15 is 0 Å². The van der Waals surface area contributed by atoms with Crippen molar-refractivity contribution in [1.82, 2.24) is 35.6 Å². The van der Waals surface area contributed by atoms with Gasteiger partial charge in [0.05, 0.1) is 48.7 Å². The number of unbranched alkanes of at least 4 members (excludes halogenated alkanes) is 1. The summed E-state index contributed by atoms with van der Waals surface area (Å²) < 4.78 is 12.2. The number of amides is 4. The monoisotopic (exact) mass is 884 g/mol. The molecule has 1 aromatic carbocycles. The van der Waals surface area contributed by atoms with E-state index in [0.29, 0.717) is 25.4 Å². The van der Waals surface area contributed by atoms with Crippen LogP contribution in [-0.4, -0.2) is 134 Å². The van der Waals surface area contributed by atoms with Gasteiger partial charge in [0.1, 0.15) is 11.0 Å². The van der Waals surface area contributed by atoms with Gasteiger partial charge in [-0.15, -0.1) is 11.3 Å². The first-order valence-corrected chi connectivity index (χ1v) is 23.9. The minimum absolute atomic E-state index is 0.0172. The first-order chi connectivity index (χ1) is 29.5. The molecule has 2 heterocycles. The number of likely N-dealkylation sites (tertiary alicyclic amines) is 1. The maximum atomic E-state index is 14.6. The number of methoxy groups -OCH3 is 2. The van der Waals surface area contributed by atoms with Crippen LogP contribution in [0.25, 0.3) is 0 Å². The molecule has 4 amide bonds. The second kappa shape index (κ2) is 26.4. The molecule has 1 saturated heterocycles. The topological polar surface area (TPSA) is 145 Å². The highest BCUT2D eigenvalue weighted by molar-refractivity contribution is 7.09. The highest BCUT2D eigenvalue weighted by Crippen LogP contribution is 2.31. The summed E-state index contributed by atoms with van der Waals surface area (Å²) in [6.45, 7) is 20.5. The number of carbonyl (C=O) groups excluding carboxylic acids is 4. The third-order valence-corrected chi connectivity index (χ3v) is 13.6. The molecule has 1 fully saturated rings. The lowest BCUT2D eigenvalue weighted by molar-refractivity contribution is -0.148. The molecule has 0 aliphatic carbocycles. The van der Waals surface area contributed by atoms with Gasteiger partial charge >= 0.3 is 0 Å². The Morgan fingerprint density at radius 3 is 2.18 bits per heavy atom. The van der Waals surface area contributed by atoms with E-state index in [-0.39, 0.29) is 59.9 Å². The second-order valence-electron chi connectivity index (χ2n) is 18.4. The largest absolute Gasteiger partial charge is 0.379 e. The fourth-order valence-corrected chi connectivity index (χ4v) is 9.75. The summed E-state index contributed by atoms with van der Waals surface area (Å²) in [5.41, 5.74) is 1.09. The van der Waals surface area contributed by atoms with Crippen LogP contribution in [0.3, 0.4) is 0 Å². The zero-order valence-electron chi connectivity index (χ0n) is 40.2. The van der Waals surface area contributed by atoms with Crippen molar-refractivity contribution in [2.75, 3.05) is 47.9 Å².